The van der Waals surface area contributed by atoms with Crippen LogP contribution in [-0.4, -0.2) is 43.4 Å². The lowest BCUT2D eigenvalue weighted by molar-refractivity contribution is 0.0893. The topological polar surface area (TPSA) is 88.0 Å². The number of rotatable bonds is 5. The molecule has 0 saturated heterocycles. The number of hydrogen-bond donors (Lipinski definition) is 2. The normalized spacial score (nSPS) is 11.5. The second-order valence-corrected chi connectivity index (χ2v) is 7.82. The van der Waals surface area contributed by atoms with Gasteiger partial charge in [-0.15, -0.1) is 0 Å². The van der Waals surface area contributed by atoms with Crippen LogP contribution < -0.4 is 5.32 Å². The summed E-state index contributed by atoms with van der Waals surface area (Å²) in [6.45, 7) is 3.30. The second kappa shape index (κ2) is 8.09. The Kier molecular flexibility index (Phi) is 5.08. The van der Waals surface area contributed by atoms with E-state index in [0.717, 1.165) is 44.5 Å². The first-order valence-electron chi connectivity index (χ1n) is 10.4. The number of carbonyl (C=O) groups is 1. The Labute approximate surface area is 187 Å². The number of fused-ring (bicyclic) bond motifs is 2. The Morgan fingerprint density at radius 1 is 1.15 bits per heavy atom. The van der Waals surface area contributed by atoms with Gasteiger partial charge in [0.25, 0.3) is 12.3 Å². The molecular weight excluding hydrogens is 426 g/mol. The monoisotopic (exact) mass is 446 g/mol. The number of aryl methyl sites for hydroxylation is 2. The third-order valence-electron chi connectivity index (χ3n) is 5.66. The van der Waals surface area contributed by atoms with E-state index in [1.807, 2.05) is 44.4 Å². The zero-order valence-corrected chi connectivity index (χ0v) is 17.9. The Balaban J connectivity index is 1.60. The minimum Gasteiger partial charge on any atom is -0.346 e. The first-order valence-corrected chi connectivity index (χ1v) is 10.4. The molecule has 7 nitrogen and oxygen atoms in total. The van der Waals surface area contributed by atoms with Crippen molar-refractivity contribution in [2.24, 2.45) is 0 Å². The average molecular weight is 446 g/mol. The molecule has 0 aliphatic rings. The molecule has 0 spiro atoms. The van der Waals surface area contributed by atoms with Crippen LogP contribution >= 0.6 is 0 Å². The summed E-state index contributed by atoms with van der Waals surface area (Å²) < 4.78 is 26.6. The van der Waals surface area contributed by atoms with E-state index in [0.29, 0.717) is 5.52 Å². The molecule has 0 aromatic carbocycles. The lowest BCUT2D eigenvalue weighted by atomic mass is 9.98. The van der Waals surface area contributed by atoms with Gasteiger partial charge >= 0.3 is 0 Å². The molecule has 1 amide bonds. The molecule has 0 aliphatic heterocycles. The van der Waals surface area contributed by atoms with Gasteiger partial charge in [-0.25, -0.2) is 18.3 Å². The molecule has 0 atom stereocenters. The number of H-pyrrole nitrogens is 1. The maximum Gasteiger partial charge on any atom is 0.255 e. The minimum absolute atomic E-state index is 0.234. The number of amides is 1. The number of hydrogen-bond acceptors (Lipinski definition) is 4. The van der Waals surface area contributed by atoms with Crippen molar-refractivity contribution in [2.75, 3.05) is 6.54 Å². The minimum atomic E-state index is -2.62. The predicted octanol–water partition coefficient (Wildman–Crippen LogP) is 4.55. The summed E-state index contributed by atoms with van der Waals surface area (Å²) in [4.78, 5) is 24.6. The molecule has 0 unspecified atom stereocenters. The van der Waals surface area contributed by atoms with Gasteiger partial charge in [0, 0.05) is 52.6 Å². The van der Waals surface area contributed by atoms with Crippen molar-refractivity contribution < 1.29 is 13.6 Å². The second-order valence-electron chi connectivity index (χ2n) is 7.82. The Morgan fingerprint density at radius 2 is 2.00 bits per heavy atom. The standard InChI is InChI=1S/C24H20F2N6O/c1-13-3-5-27-14(2)22(13)16-7-17-18(10-29-23(17)28-9-16)15-4-6-32-20(8-15)19(11-31-32)24(33)30-12-21(25)26/h3-11,21H,12H2,1-2H3,(H,28,29)(H,30,33). The van der Waals surface area contributed by atoms with E-state index >= 15 is 0 Å². The van der Waals surface area contributed by atoms with Crippen LogP contribution in [0.3, 0.4) is 0 Å². The van der Waals surface area contributed by atoms with Crippen LogP contribution in [-0.2, 0) is 0 Å². The Morgan fingerprint density at radius 3 is 2.79 bits per heavy atom. The molecule has 9 heteroatoms. The van der Waals surface area contributed by atoms with Crippen molar-refractivity contribution in [1.82, 2.24) is 29.9 Å². The fraction of sp³-hybridized carbons (Fsp3) is 0.167. The number of pyridine rings is 3. The summed E-state index contributed by atoms with van der Waals surface area (Å²) in [6, 6.07) is 7.75. The highest BCUT2D eigenvalue weighted by atomic mass is 19.3. The molecule has 0 aliphatic carbocycles. The van der Waals surface area contributed by atoms with Gasteiger partial charge in [0.2, 0.25) is 0 Å². The Hall–Kier alpha value is -4.14. The molecule has 5 aromatic rings. The maximum absolute atomic E-state index is 12.5. The third kappa shape index (κ3) is 3.71. The molecule has 33 heavy (non-hydrogen) atoms. The molecule has 5 heterocycles. The lowest BCUT2D eigenvalue weighted by Crippen LogP contribution is -2.28. The fourth-order valence-corrected chi connectivity index (χ4v) is 4.10. The quantitative estimate of drug-likeness (QED) is 0.415. The summed E-state index contributed by atoms with van der Waals surface area (Å²) >= 11 is 0. The summed E-state index contributed by atoms with van der Waals surface area (Å²) in [5.41, 5.74) is 7.28. The van der Waals surface area contributed by atoms with Gasteiger partial charge in [-0.1, -0.05) is 0 Å². The zero-order valence-electron chi connectivity index (χ0n) is 17.9. The van der Waals surface area contributed by atoms with Crippen LogP contribution in [0.5, 0.6) is 0 Å². The van der Waals surface area contributed by atoms with Gasteiger partial charge in [0.1, 0.15) is 5.65 Å². The van der Waals surface area contributed by atoms with E-state index in [4.69, 9.17) is 0 Å². The highest BCUT2D eigenvalue weighted by Gasteiger charge is 2.17. The molecule has 166 valence electrons. The first kappa shape index (κ1) is 20.7. The van der Waals surface area contributed by atoms with Gasteiger partial charge in [-0.3, -0.25) is 9.78 Å². The smallest absolute Gasteiger partial charge is 0.255 e. The van der Waals surface area contributed by atoms with Crippen LogP contribution in [0, 0.1) is 13.8 Å². The highest BCUT2D eigenvalue weighted by molar-refractivity contribution is 6.02. The van der Waals surface area contributed by atoms with E-state index in [2.05, 4.69) is 31.4 Å². The van der Waals surface area contributed by atoms with Crippen molar-refractivity contribution in [3.63, 3.8) is 0 Å². The van der Waals surface area contributed by atoms with Gasteiger partial charge in [-0.2, -0.15) is 5.10 Å². The average Bonchev–Trinajstić information content (AvgIpc) is 3.41. The van der Waals surface area contributed by atoms with Crippen LogP contribution in [0.15, 0.2) is 55.2 Å². The van der Waals surface area contributed by atoms with Crippen molar-refractivity contribution in [3.8, 4) is 22.3 Å². The highest BCUT2D eigenvalue weighted by Crippen LogP contribution is 2.33. The van der Waals surface area contributed by atoms with Crippen LogP contribution in [0.1, 0.15) is 21.6 Å². The fourth-order valence-electron chi connectivity index (χ4n) is 4.10. The SMILES string of the molecule is Cc1ccnc(C)c1-c1cnc2[nH]cc(-c3ccn4ncc(C(=O)NCC(F)F)c4c3)c2c1. The van der Waals surface area contributed by atoms with Gasteiger partial charge < -0.3 is 10.3 Å². The van der Waals surface area contributed by atoms with Crippen molar-refractivity contribution in [1.29, 1.82) is 0 Å². The van der Waals surface area contributed by atoms with Crippen LogP contribution in [0.2, 0.25) is 0 Å². The zero-order chi connectivity index (χ0) is 23.1. The van der Waals surface area contributed by atoms with E-state index in [1.54, 1.807) is 16.9 Å². The summed E-state index contributed by atoms with van der Waals surface area (Å²) in [6.07, 6.45) is 5.97. The largest absolute Gasteiger partial charge is 0.346 e. The maximum atomic E-state index is 12.5. The van der Waals surface area contributed by atoms with E-state index in [9.17, 15) is 13.6 Å². The van der Waals surface area contributed by atoms with Gasteiger partial charge in [-0.05, 0) is 49.2 Å². The van der Waals surface area contributed by atoms with E-state index in [1.165, 1.54) is 6.20 Å². The number of alkyl halides is 2. The molecule has 5 aromatic heterocycles. The molecule has 5 rings (SSSR count). The number of aromatic nitrogens is 5. The van der Waals surface area contributed by atoms with E-state index in [-0.39, 0.29) is 5.56 Å². The molecule has 0 bridgehead atoms. The van der Waals surface area contributed by atoms with Crippen LogP contribution in [0.25, 0.3) is 38.8 Å². The van der Waals surface area contributed by atoms with Gasteiger partial charge in [0.15, 0.2) is 0 Å². The predicted molar refractivity (Wildman–Crippen MR) is 121 cm³/mol. The van der Waals surface area contributed by atoms with E-state index < -0.39 is 18.9 Å². The number of halogens is 2. The van der Waals surface area contributed by atoms with Gasteiger partial charge in [0.05, 0.1) is 23.8 Å². The van der Waals surface area contributed by atoms with Crippen molar-refractivity contribution in [3.05, 3.63) is 72.1 Å². The lowest BCUT2D eigenvalue weighted by Gasteiger charge is -2.09. The summed E-state index contributed by atoms with van der Waals surface area (Å²) in [5, 5.41) is 7.32. The molecular formula is C24H20F2N6O. The first-order chi connectivity index (χ1) is 15.9. The van der Waals surface area contributed by atoms with Crippen LogP contribution in [0.4, 0.5) is 8.78 Å². The summed E-state index contributed by atoms with van der Waals surface area (Å²) in [7, 11) is 0. The molecule has 0 fully saturated rings. The molecule has 0 radical (unpaired) electrons. The van der Waals surface area contributed by atoms with Crippen molar-refractivity contribution in [2.45, 2.75) is 20.3 Å². The Bertz CT molecular complexity index is 1480. The molecule has 0 saturated carbocycles. The number of carbonyl (C=O) groups excluding carboxylic acids is 1. The summed E-state index contributed by atoms with van der Waals surface area (Å²) in [5.74, 6) is -0.590. The van der Waals surface area contributed by atoms with Crippen molar-refractivity contribution >= 4 is 22.5 Å². The molecule has 2 N–H and O–H groups in total. The number of nitrogens with one attached hydrogen (secondary N) is 2. The third-order valence-corrected chi connectivity index (χ3v) is 5.66. The number of nitrogens with zero attached hydrogens (tertiary/aromatic N) is 4. The number of aromatic amines is 1.